The minimum absolute atomic E-state index is 0. The van der Waals surface area contributed by atoms with Crippen LogP contribution in [0.4, 0.5) is 4.39 Å². The van der Waals surface area contributed by atoms with Crippen molar-refractivity contribution >= 4 is 41.3 Å². The van der Waals surface area contributed by atoms with Crippen molar-refractivity contribution in [1.82, 2.24) is 15.1 Å². The minimum Gasteiger partial charge on any atom is -0.379 e. The van der Waals surface area contributed by atoms with Crippen LogP contribution in [0.25, 0.3) is 0 Å². The van der Waals surface area contributed by atoms with Gasteiger partial charge < -0.3 is 15.0 Å². The minimum atomic E-state index is -0.201. The molecule has 1 aromatic carbocycles. The molecule has 1 aliphatic rings. The molecule has 1 N–H and O–H groups in total. The van der Waals surface area contributed by atoms with Gasteiger partial charge in [0.25, 0.3) is 0 Å². The second-order valence-electron chi connectivity index (χ2n) is 6.90. The first-order valence-electron chi connectivity index (χ1n) is 9.69. The van der Waals surface area contributed by atoms with Gasteiger partial charge in [-0.05, 0) is 35.6 Å². The third-order valence-corrected chi connectivity index (χ3v) is 5.96. The predicted octanol–water partition coefficient (Wildman–Crippen LogP) is 3.63. The quantitative estimate of drug-likeness (QED) is 0.336. The van der Waals surface area contributed by atoms with Gasteiger partial charge in [0, 0.05) is 45.2 Å². The fourth-order valence-corrected chi connectivity index (χ4v) is 4.17. The Labute approximate surface area is 194 Å². The monoisotopic (exact) mass is 532 g/mol. The number of hydrogen-bond acceptors (Lipinski definition) is 4. The summed E-state index contributed by atoms with van der Waals surface area (Å²) >= 11 is 1.78. The van der Waals surface area contributed by atoms with E-state index in [4.69, 9.17) is 4.74 Å². The zero-order valence-corrected chi connectivity index (χ0v) is 20.2. The second kappa shape index (κ2) is 12.5. The van der Waals surface area contributed by atoms with Crippen LogP contribution in [-0.4, -0.2) is 69.2 Å². The van der Waals surface area contributed by atoms with Gasteiger partial charge in [-0.15, -0.1) is 35.3 Å². The molecule has 29 heavy (non-hydrogen) atoms. The fraction of sp³-hybridized carbons (Fsp3) is 0.476. The summed E-state index contributed by atoms with van der Waals surface area (Å²) in [5, 5.41) is 5.59. The number of aliphatic imine (C=N–C) groups is 1. The molecule has 0 radical (unpaired) electrons. The lowest BCUT2D eigenvalue weighted by molar-refractivity contribution is 0.0168. The summed E-state index contributed by atoms with van der Waals surface area (Å²) in [5.41, 5.74) is 0.978. The molecule has 1 unspecified atom stereocenters. The summed E-state index contributed by atoms with van der Waals surface area (Å²) in [6.45, 7) is 4.66. The average molecular weight is 532 g/mol. The van der Waals surface area contributed by atoms with Gasteiger partial charge in [-0.25, -0.2) is 4.39 Å². The van der Waals surface area contributed by atoms with Crippen molar-refractivity contribution < 1.29 is 9.13 Å². The summed E-state index contributed by atoms with van der Waals surface area (Å²) in [5.74, 6) is 0.652. The summed E-state index contributed by atoms with van der Waals surface area (Å²) in [6, 6.07) is 11.2. The molecule has 0 amide bonds. The molecule has 160 valence electrons. The number of hydrogen-bond donors (Lipinski definition) is 1. The van der Waals surface area contributed by atoms with Crippen molar-refractivity contribution in [3.8, 4) is 0 Å². The van der Waals surface area contributed by atoms with E-state index in [2.05, 4.69) is 44.7 Å². The van der Waals surface area contributed by atoms with Gasteiger partial charge in [-0.2, -0.15) is 0 Å². The van der Waals surface area contributed by atoms with E-state index in [-0.39, 0.29) is 35.8 Å². The van der Waals surface area contributed by atoms with E-state index >= 15 is 0 Å². The van der Waals surface area contributed by atoms with Crippen molar-refractivity contribution in [3.63, 3.8) is 0 Å². The zero-order chi connectivity index (χ0) is 19.8. The molecule has 0 saturated carbocycles. The van der Waals surface area contributed by atoms with Gasteiger partial charge >= 0.3 is 0 Å². The smallest absolute Gasteiger partial charge is 0.193 e. The molecule has 8 heteroatoms. The first-order valence-corrected chi connectivity index (χ1v) is 10.6. The van der Waals surface area contributed by atoms with E-state index in [9.17, 15) is 4.39 Å². The Hall–Kier alpha value is -1.23. The number of ether oxygens (including phenoxy) is 1. The van der Waals surface area contributed by atoms with Gasteiger partial charge in [0.05, 0.1) is 19.3 Å². The van der Waals surface area contributed by atoms with Crippen LogP contribution < -0.4 is 5.32 Å². The zero-order valence-electron chi connectivity index (χ0n) is 17.0. The average Bonchev–Trinajstić information content (AvgIpc) is 3.24. The van der Waals surface area contributed by atoms with Gasteiger partial charge in [-0.1, -0.05) is 18.2 Å². The molecule has 2 heterocycles. The molecule has 1 aromatic heterocycles. The highest BCUT2D eigenvalue weighted by Crippen LogP contribution is 2.22. The fourth-order valence-electron chi connectivity index (χ4n) is 3.47. The van der Waals surface area contributed by atoms with Crippen LogP contribution in [0, 0.1) is 5.82 Å². The van der Waals surface area contributed by atoms with Crippen LogP contribution in [0.5, 0.6) is 0 Å². The Morgan fingerprint density at radius 1 is 1.31 bits per heavy atom. The van der Waals surface area contributed by atoms with E-state index in [1.165, 1.54) is 10.9 Å². The number of rotatable bonds is 7. The van der Waals surface area contributed by atoms with E-state index < -0.39 is 0 Å². The van der Waals surface area contributed by atoms with E-state index in [0.29, 0.717) is 19.8 Å². The summed E-state index contributed by atoms with van der Waals surface area (Å²) in [4.78, 5) is 10.3. The molecular formula is C21H30FIN4OS. The van der Waals surface area contributed by atoms with Crippen LogP contribution in [0.2, 0.25) is 0 Å². The van der Waals surface area contributed by atoms with Crippen molar-refractivity contribution in [1.29, 1.82) is 0 Å². The third-order valence-electron chi connectivity index (χ3n) is 5.02. The third kappa shape index (κ3) is 7.20. The van der Waals surface area contributed by atoms with Crippen molar-refractivity contribution in [2.24, 2.45) is 4.99 Å². The molecule has 0 aliphatic carbocycles. The Balaban J connectivity index is 0.00000300. The van der Waals surface area contributed by atoms with Gasteiger partial charge in [-0.3, -0.25) is 9.89 Å². The molecule has 2 aromatic rings. The van der Waals surface area contributed by atoms with Gasteiger partial charge in [0.15, 0.2) is 5.96 Å². The maximum Gasteiger partial charge on any atom is 0.193 e. The summed E-state index contributed by atoms with van der Waals surface area (Å²) < 4.78 is 19.3. The van der Waals surface area contributed by atoms with Crippen LogP contribution in [0.15, 0.2) is 46.8 Å². The van der Waals surface area contributed by atoms with Crippen LogP contribution >= 0.6 is 35.3 Å². The lowest BCUT2D eigenvalue weighted by Crippen LogP contribution is -2.47. The number of nitrogens with one attached hydrogen (secondary N) is 1. The van der Waals surface area contributed by atoms with Crippen molar-refractivity contribution in [3.05, 3.63) is 58.0 Å². The Morgan fingerprint density at radius 3 is 2.76 bits per heavy atom. The molecular weight excluding hydrogens is 502 g/mol. The highest BCUT2D eigenvalue weighted by molar-refractivity contribution is 14.0. The first kappa shape index (κ1) is 24.0. The number of nitrogens with zero attached hydrogens (tertiary/aromatic N) is 3. The summed E-state index contributed by atoms with van der Waals surface area (Å²) in [6.07, 6.45) is 0.992. The highest BCUT2D eigenvalue weighted by atomic mass is 127. The SMILES string of the molecule is CN=C(NCC(c1cccc(F)c1)N1CCOCC1)N(C)CCc1cccs1.I. The molecule has 5 nitrogen and oxygen atoms in total. The highest BCUT2D eigenvalue weighted by Gasteiger charge is 2.23. The largest absolute Gasteiger partial charge is 0.379 e. The molecule has 0 bridgehead atoms. The van der Waals surface area contributed by atoms with Crippen LogP contribution in [0.3, 0.4) is 0 Å². The van der Waals surface area contributed by atoms with Gasteiger partial charge in [0.1, 0.15) is 5.82 Å². The number of thiophene rings is 1. The molecule has 1 atom stereocenters. The molecule has 1 aliphatic heterocycles. The van der Waals surface area contributed by atoms with E-state index in [1.54, 1.807) is 30.5 Å². The maximum atomic E-state index is 13.8. The number of guanidine groups is 1. The van der Waals surface area contributed by atoms with E-state index in [0.717, 1.165) is 37.6 Å². The topological polar surface area (TPSA) is 40.1 Å². The Bertz CT molecular complexity index is 753. The lowest BCUT2D eigenvalue weighted by atomic mass is 10.0. The van der Waals surface area contributed by atoms with E-state index in [1.807, 2.05) is 6.07 Å². The number of morpholine rings is 1. The van der Waals surface area contributed by atoms with Crippen molar-refractivity contribution in [2.45, 2.75) is 12.5 Å². The Kier molecular flexibility index (Phi) is 10.3. The molecule has 1 fully saturated rings. The number of halogens is 2. The van der Waals surface area contributed by atoms with Crippen LogP contribution in [0.1, 0.15) is 16.5 Å². The molecule has 0 spiro atoms. The first-order chi connectivity index (χ1) is 13.7. The maximum absolute atomic E-state index is 13.8. The second-order valence-corrected chi connectivity index (χ2v) is 7.93. The normalized spacial score (nSPS) is 16.2. The van der Waals surface area contributed by atoms with Crippen LogP contribution in [-0.2, 0) is 11.2 Å². The summed E-state index contributed by atoms with van der Waals surface area (Å²) in [7, 11) is 3.85. The Morgan fingerprint density at radius 2 is 2.10 bits per heavy atom. The number of likely N-dealkylation sites (N-methyl/N-ethyl adjacent to an activating group) is 1. The van der Waals surface area contributed by atoms with Gasteiger partial charge in [0.2, 0.25) is 0 Å². The molecule has 3 rings (SSSR count). The molecule has 1 saturated heterocycles. The standard InChI is InChI=1S/C21H29FN4OS.HI/c1-23-21(25(2)9-8-19-7-4-14-28-19)24-16-20(26-10-12-27-13-11-26)17-5-3-6-18(22)15-17;/h3-7,14-15,20H,8-13,16H2,1-2H3,(H,23,24);1H. The van der Waals surface area contributed by atoms with Crippen molar-refractivity contribution in [2.75, 3.05) is 53.5 Å². The lowest BCUT2D eigenvalue weighted by Gasteiger charge is -2.35. The number of benzene rings is 1. The predicted molar refractivity (Wildman–Crippen MR) is 129 cm³/mol.